The maximum Gasteiger partial charge on any atom is 0.317 e. The number of hydrogen-bond acceptors (Lipinski definition) is 6. The number of nitrogens with zero attached hydrogens (tertiary/aromatic N) is 2. The molecular formula is C6H11N5O2. The zero-order valence-electron chi connectivity index (χ0n) is 7.15. The van der Waals surface area contributed by atoms with Crippen LogP contribution in [0.15, 0.2) is 4.42 Å². The number of carbonyl (C=O) groups excluding carboxylic acids is 1. The van der Waals surface area contributed by atoms with Crippen LogP contribution in [0.25, 0.3) is 0 Å². The molecule has 7 heteroatoms. The van der Waals surface area contributed by atoms with Gasteiger partial charge < -0.3 is 21.2 Å². The van der Waals surface area contributed by atoms with Gasteiger partial charge in [-0.1, -0.05) is 10.2 Å². The highest BCUT2D eigenvalue weighted by Crippen LogP contribution is 2.08. The molecule has 13 heavy (non-hydrogen) atoms. The lowest BCUT2D eigenvalue weighted by Crippen LogP contribution is -2.24. The van der Waals surface area contributed by atoms with Gasteiger partial charge in [0.25, 0.3) is 0 Å². The first-order chi connectivity index (χ1) is 6.08. The molecule has 1 atom stereocenters. The summed E-state index contributed by atoms with van der Waals surface area (Å²) in [6.45, 7) is 1.77. The summed E-state index contributed by atoms with van der Waals surface area (Å²) in [5.41, 5.74) is 10.2. The number of primary amides is 1. The summed E-state index contributed by atoms with van der Waals surface area (Å²) in [6, 6.07) is 0.0115. The molecule has 5 N–H and O–H groups in total. The molecule has 0 saturated carbocycles. The summed E-state index contributed by atoms with van der Waals surface area (Å²) in [5, 5.41) is 9.76. The SMILES string of the molecule is CC(CC(N)=O)Nc1nnc(N)o1. The average Bonchev–Trinajstić information content (AvgIpc) is 2.33. The first-order valence-electron chi connectivity index (χ1n) is 3.71. The Hall–Kier alpha value is -1.79. The molecule has 7 nitrogen and oxygen atoms in total. The van der Waals surface area contributed by atoms with E-state index in [9.17, 15) is 4.79 Å². The minimum absolute atomic E-state index is 0.0197. The Bertz CT molecular complexity index is 297. The van der Waals surface area contributed by atoms with E-state index in [1.54, 1.807) is 6.92 Å². The van der Waals surface area contributed by atoms with Crippen LogP contribution >= 0.6 is 0 Å². The second-order valence-electron chi connectivity index (χ2n) is 2.66. The van der Waals surface area contributed by atoms with Crippen LogP contribution in [0.2, 0.25) is 0 Å². The van der Waals surface area contributed by atoms with Crippen molar-refractivity contribution in [2.24, 2.45) is 5.73 Å². The molecule has 0 aliphatic heterocycles. The lowest BCUT2D eigenvalue weighted by atomic mass is 10.2. The Morgan fingerprint density at radius 3 is 2.85 bits per heavy atom. The van der Waals surface area contributed by atoms with Crippen LogP contribution in [0.3, 0.4) is 0 Å². The fourth-order valence-electron chi connectivity index (χ4n) is 0.856. The summed E-state index contributed by atoms with van der Waals surface area (Å²) >= 11 is 0. The molecule has 1 unspecified atom stereocenters. The second-order valence-corrected chi connectivity index (χ2v) is 2.66. The second kappa shape index (κ2) is 3.74. The number of carbonyl (C=O) groups is 1. The van der Waals surface area contributed by atoms with Crippen LogP contribution < -0.4 is 16.8 Å². The summed E-state index contributed by atoms with van der Waals surface area (Å²) in [7, 11) is 0. The fourth-order valence-corrected chi connectivity index (χ4v) is 0.856. The highest BCUT2D eigenvalue weighted by molar-refractivity contribution is 5.74. The molecule has 0 aliphatic rings. The van der Waals surface area contributed by atoms with Crippen LogP contribution in [0, 0.1) is 0 Å². The van der Waals surface area contributed by atoms with Crippen molar-refractivity contribution >= 4 is 17.9 Å². The van der Waals surface area contributed by atoms with E-state index in [1.165, 1.54) is 0 Å². The Labute approximate surface area is 74.5 Å². The smallest absolute Gasteiger partial charge is 0.317 e. The summed E-state index contributed by atoms with van der Waals surface area (Å²) < 4.78 is 4.83. The molecular weight excluding hydrogens is 174 g/mol. The number of hydrogen-bond donors (Lipinski definition) is 3. The van der Waals surface area contributed by atoms with Gasteiger partial charge >= 0.3 is 12.0 Å². The van der Waals surface area contributed by atoms with E-state index in [0.717, 1.165) is 0 Å². The van der Waals surface area contributed by atoms with Gasteiger partial charge in [-0.25, -0.2) is 0 Å². The Balaban J connectivity index is 2.44. The maximum absolute atomic E-state index is 10.5. The van der Waals surface area contributed by atoms with E-state index >= 15 is 0 Å². The van der Waals surface area contributed by atoms with Gasteiger partial charge in [0.1, 0.15) is 0 Å². The molecule has 0 radical (unpaired) electrons. The predicted octanol–water partition coefficient (Wildman–Crippen LogP) is -0.672. The molecule has 1 aromatic rings. The van der Waals surface area contributed by atoms with Crippen molar-refractivity contribution in [3.63, 3.8) is 0 Å². The Morgan fingerprint density at radius 2 is 2.38 bits per heavy atom. The van der Waals surface area contributed by atoms with Crippen LogP contribution in [0.5, 0.6) is 0 Å². The Kier molecular flexibility index (Phi) is 2.68. The van der Waals surface area contributed by atoms with Crippen LogP contribution in [0.1, 0.15) is 13.3 Å². The van der Waals surface area contributed by atoms with Crippen molar-refractivity contribution in [1.29, 1.82) is 0 Å². The molecule has 1 aromatic heterocycles. The minimum Gasteiger partial charge on any atom is -0.390 e. The number of nitrogens with one attached hydrogen (secondary N) is 1. The van der Waals surface area contributed by atoms with Crippen molar-refractivity contribution in [2.75, 3.05) is 11.1 Å². The van der Waals surface area contributed by atoms with Gasteiger partial charge in [0.05, 0.1) is 0 Å². The monoisotopic (exact) mass is 185 g/mol. The maximum atomic E-state index is 10.5. The van der Waals surface area contributed by atoms with Gasteiger partial charge in [-0.3, -0.25) is 4.79 Å². The van der Waals surface area contributed by atoms with E-state index < -0.39 is 5.91 Å². The molecule has 0 saturated heterocycles. The molecule has 0 bridgehead atoms. The summed E-state index contributed by atoms with van der Waals surface area (Å²) in [4.78, 5) is 10.5. The molecule has 0 fully saturated rings. The van der Waals surface area contributed by atoms with Gasteiger partial charge in [-0.2, -0.15) is 0 Å². The number of anilines is 2. The topological polar surface area (TPSA) is 120 Å². The Morgan fingerprint density at radius 1 is 1.69 bits per heavy atom. The van der Waals surface area contributed by atoms with E-state index in [4.69, 9.17) is 15.9 Å². The fraction of sp³-hybridized carbons (Fsp3) is 0.500. The number of amides is 1. The molecule has 1 amide bonds. The average molecular weight is 185 g/mol. The van der Waals surface area contributed by atoms with Gasteiger partial charge in [0, 0.05) is 12.5 Å². The van der Waals surface area contributed by atoms with Crippen molar-refractivity contribution in [2.45, 2.75) is 19.4 Å². The third-order valence-electron chi connectivity index (χ3n) is 1.32. The molecule has 1 rings (SSSR count). The lowest BCUT2D eigenvalue weighted by molar-refractivity contribution is -0.118. The first kappa shape index (κ1) is 9.30. The minimum atomic E-state index is -0.396. The van der Waals surface area contributed by atoms with Crippen LogP contribution in [-0.4, -0.2) is 22.1 Å². The van der Waals surface area contributed by atoms with Crippen molar-refractivity contribution < 1.29 is 9.21 Å². The third kappa shape index (κ3) is 2.97. The number of nitrogens with two attached hydrogens (primary N) is 2. The van der Waals surface area contributed by atoms with E-state index in [1.807, 2.05) is 0 Å². The number of nitrogen functional groups attached to an aromatic ring is 1. The third-order valence-corrected chi connectivity index (χ3v) is 1.32. The van der Waals surface area contributed by atoms with Crippen molar-refractivity contribution in [1.82, 2.24) is 10.2 Å². The zero-order valence-corrected chi connectivity index (χ0v) is 7.15. The van der Waals surface area contributed by atoms with Crippen LogP contribution in [0.4, 0.5) is 12.0 Å². The molecule has 0 spiro atoms. The van der Waals surface area contributed by atoms with Crippen molar-refractivity contribution in [3.05, 3.63) is 0 Å². The molecule has 72 valence electrons. The summed E-state index contributed by atoms with van der Waals surface area (Å²) in [6.07, 6.45) is 0.197. The largest absolute Gasteiger partial charge is 0.390 e. The van der Waals surface area contributed by atoms with Gasteiger partial charge in [0.15, 0.2) is 0 Å². The summed E-state index contributed by atoms with van der Waals surface area (Å²) in [5.74, 6) is -0.396. The van der Waals surface area contributed by atoms with Crippen molar-refractivity contribution in [3.8, 4) is 0 Å². The highest BCUT2D eigenvalue weighted by atomic mass is 16.4. The molecule has 1 heterocycles. The first-order valence-corrected chi connectivity index (χ1v) is 3.71. The number of rotatable bonds is 4. The lowest BCUT2D eigenvalue weighted by Gasteiger charge is -2.07. The number of aromatic nitrogens is 2. The normalized spacial score (nSPS) is 12.4. The predicted molar refractivity (Wildman–Crippen MR) is 45.6 cm³/mol. The quantitative estimate of drug-likeness (QED) is 0.572. The van der Waals surface area contributed by atoms with Crippen LogP contribution in [-0.2, 0) is 4.79 Å². The van der Waals surface area contributed by atoms with Gasteiger partial charge in [-0.05, 0) is 6.92 Å². The molecule has 0 aliphatic carbocycles. The standard InChI is InChI=1S/C6H11N5O2/c1-3(2-4(7)12)9-6-11-10-5(8)13-6/h3H,2H2,1H3,(H2,7,12)(H2,8,10)(H,9,11). The zero-order chi connectivity index (χ0) is 9.84. The van der Waals surface area contributed by atoms with Gasteiger partial charge in [-0.15, -0.1) is 0 Å². The van der Waals surface area contributed by atoms with E-state index in [-0.39, 0.29) is 24.5 Å². The molecule has 0 aromatic carbocycles. The highest BCUT2D eigenvalue weighted by Gasteiger charge is 2.09. The van der Waals surface area contributed by atoms with E-state index in [0.29, 0.717) is 0 Å². The van der Waals surface area contributed by atoms with Gasteiger partial charge in [0.2, 0.25) is 5.91 Å². The van der Waals surface area contributed by atoms with E-state index in [2.05, 4.69) is 15.5 Å².